The van der Waals surface area contributed by atoms with Crippen molar-refractivity contribution in [3.63, 3.8) is 0 Å². The van der Waals surface area contributed by atoms with Gasteiger partial charge >= 0.3 is 0 Å². The van der Waals surface area contributed by atoms with E-state index in [1.54, 1.807) is 0 Å². The van der Waals surface area contributed by atoms with Crippen LogP contribution in [-0.2, 0) is 11.2 Å². The number of likely N-dealkylation sites (tertiary alicyclic amines) is 1. The molecule has 0 spiro atoms. The van der Waals surface area contributed by atoms with Crippen LogP contribution in [0.2, 0.25) is 0 Å². The monoisotopic (exact) mass is 317 g/mol. The van der Waals surface area contributed by atoms with Crippen molar-refractivity contribution < 1.29 is 9.90 Å². The van der Waals surface area contributed by atoms with E-state index in [4.69, 9.17) is 0 Å². The lowest BCUT2D eigenvalue weighted by Gasteiger charge is -2.40. The van der Waals surface area contributed by atoms with Gasteiger partial charge in [0.2, 0.25) is 5.91 Å². The van der Waals surface area contributed by atoms with Gasteiger partial charge in [-0.1, -0.05) is 45.0 Å². The molecule has 1 saturated heterocycles. The summed E-state index contributed by atoms with van der Waals surface area (Å²) in [7, 11) is 0. The Morgan fingerprint density at radius 3 is 2.30 bits per heavy atom. The zero-order chi connectivity index (χ0) is 16.9. The Labute approximate surface area is 140 Å². The molecule has 1 aromatic rings. The predicted molar refractivity (Wildman–Crippen MR) is 94.5 cm³/mol. The molecule has 0 aromatic heterocycles. The van der Waals surface area contributed by atoms with Gasteiger partial charge in [-0.05, 0) is 48.1 Å². The van der Waals surface area contributed by atoms with E-state index in [1.807, 2.05) is 4.90 Å². The summed E-state index contributed by atoms with van der Waals surface area (Å²) in [6.45, 7) is 8.23. The Morgan fingerprint density at radius 1 is 1.22 bits per heavy atom. The smallest absolute Gasteiger partial charge is 0.223 e. The first-order valence-corrected chi connectivity index (χ1v) is 9.01. The number of nitrogens with zero attached hydrogens (tertiary/aromatic N) is 1. The molecule has 1 unspecified atom stereocenters. The maximum Gasteiger partial charge on any atom is 0.223 e. The van der Waals surface area contributed by atoms with E-state index in [2.05, 4.69) is 45.0 Å². The van der Waals surface area contributed by atoms with Gasteiger partial charge in [-0.25, -0.2) is 0 Å². The van der Waals surface area contributed by atoms with Crippen molar-refractivity contribution in [2.24, 2.45) is 5.41 Å². The fourth-order valence-corrected chi connectivity index (χ4v) is 3.44. The maximum absolute atomic E-state index is 12.6. The van der Waals surface area contributed by atoms with Crippen LogP contribution in [0.1, 0.15) is 63.5 Å². The lowest BCUT2D eigenvalue weighted by molar-refractivity contribution is -0.134. The zero-order valence-corrected chi connectivity index (χ0v) is 14.8. The number of benzene rings is 1. The van der Waals surface area contributed by atoms with Gasteiger partial charge in [0, 0.05) is 26.1 Å². The summed E-state index contributed by atoms with van der Waals surface area (Å²) >= 11 is 0. The maximum atomic E-state index is 12.6. The molecule has 0 aliphatic carbocycles. The average molecular weight is 317 g/mol. The van der Waals surface area contributed by atoms with Crippen LogP contribution in [0, 0.1) is 5.41 Å². The van der Waals surface area contributed by atoms with Crippen molar-refractivity contribution in [2.75, 3.05) is 19.7 Å². The summed E-state index contributed by atoms with van der Waals surface area (Å²) < 4.78 is 0. The highest BCUT2D eigenvalue weighted by molar-refractivity contribution is 5.77. The first-order valence-electron chi connectivity index (χ1n) is 9.01. The van der Waals surface area contributed by atoms with Crippen LogP contribution in [0.25, 0.3) is 0 Å². The second-order valence-corrected chi connectivity index (χ2v) is 7.09. The lowest BCUT2D eigenvalue weighted by Crippen LogP contribution is -2.44. The van der Waals surface area contributed by atoms with Crippen molar-refractivity contribution in [3.05, 3.63) is 35.4 Å². The number of carbonyl (C=O) groups excluding carboxylic acids is 1. The van der Waals surface area contributed by atoms with E-state index in [0.29, 0.717) is 6.42 Å². The minimum Gasteiger partial charge on any atom is -0.396 e. The van der Waals surface area contributed by atoms with Crippen molar-refractivity contribution in [1.82, 2.24) is 4.90 Å². The van der Waals surface area contributed by atoms with Crippen LogP contribution in [0.3, 0.4) is 0 Å². The molecule has 128 valence electrons. The van der Waals surface area contributed by atoms with Crippen LogP contribution in [0.4, 0.5) is 0 Å². The van der Waals surface area contributed by atoms with Gasteiger partial charge in [-0.3, -0.25) is 4.79 Å². The van der Waals surface area contributed by atoms with Gasteiger partial charge in [-0.2, -0.15) is 0 Å². The minimum atomic E-state index is 0.0401. The predicted octanol–water partition coefficient (Wildman–Crippen LogP) is 3.75. The second-order valence-electron chi connectivity index (χ2n) is 7.09. The third kappa shape index (κ3) is 4.35. The van der Waals surface area contributed by atoms with Crippen LogP contribution in [-0.4, -0.2) is 35.6 Å². The molecule has 1 fully saturated rings. The number of hydrogen-bond donors (Lipinski definition) is 1. The number of amides is 1. The van der Waals surface area contributed by atoms with Gasteiger partial charge in [-0.15, -0.1) is 0 Å². The molecular weight excluding hydrogens is 286 g/mol. The van der Waals surface area contributed by atoms with Crippen LogP contribution in [0.15, 0.2) is 24.3 Å². The molecule has 1 atom stereocenters. The van der Waals surface area contributed by atoms with Crippen molar-refractivity contribution in [2.45, 2.75) is 58.8 Å². The number of aliphatic hydroxyl groups excluding tert-OH is 1. The lowest BCUT2D eigenvalue weighted by atomic mass is 9.77. The van der Waals surface area contributed by atoms with Crippen LogP contribution < -0.4 is 0 Å². The molecule has 1 amide bonds. The van der Waals surface area contributed by atoms with E-state index in [-0.39, 0.29) is 23.8 Å². The Morgan fingerprint density at radius 2 is 1.83 bits per heavy atom. The Kier molecular flexibility index (Phi) is 6.23. The van der Waals surface area contributed by atoms with Gasteiger partial charge in [0.05, 0.1) is 0 Å². The molecule has 1 aliphatic heterocycles. The summed E-state index contributed by atoms with van der Waals surface area (Å²) in [5, 5.41) is 9.60. The third-order valence-electron chi connectivity index (χ3n) is 5.70. The van der Waals surface area contributed by atoms with Gasteiger partial charge in [0.25, 0.3) is 0 Å². The quantitative estimate of drug-likeness (QED) is 0.868. The van der Waals surface area contributed by atoms with E-state index in [1.165, 1.54) is 11.1 Å². The molecular formula is C20H31NO2. The molecule has 1 aromatic carbocycles. The van der Waals surface area contributed by atoms with Gasteiger partial charge in [0.15, 0.2) is 0 Å². The van der Waals surface area contributed by atoms with Gasteiger partial charge in [0.1, 0.15) is 0 Å². The number of rotatable bonds is 6. The molecule has 2 rings (SSSR count). The summed E-state index contributed by atoms with van der Waals surface area (Å²) in [4.78, 5) is 14.5. The first kappa shape index (κ1) is 18.0. The Hall–Kier alpha value is -1.35. The molecule has 1 heterocycles. The molecule has 3 heteroatoms. The summed E-state index contributed by atoms with van der Waals surface area (Å²) in [6.07, 6.45) is 4.46. The number of carbonyl (C=O) groups is 1. The van der Waals surface area contributed by atoms with Crippen molar-refractivity contribution in [3.8, 4) is 0 Å². The fraction of sp³-hybridized carbons (Fsp3) is 0.650. The average Bonchev–Trinajstić information content (AvgIpc) is 2.61. The van der Waals surface area contributed by atoms with Crippen LogP contribution >= 0.6 is 0 Å². The summed E-state index contributed by atoms with van der Waals surface area (Å²) in [5.41, 5.74) is 2.62. The molecule has 3 nitrogen and oxygen atoms in total. The standard InChI is InChI=1S/C20H31NO2/c1-4-17-6-8-18(9-7-17)16(3)14-19(23)21-12-10-20(5-2,15-22)11-13-21/h6-9,16,22H,4-5,10-15H2,1-3H3. The first-order chi connectivity index (χ1) is 11.0. The normalized spacial score (nSPS) is 18.7. The third-order valence-corrected chi connectivity index (χ3v) is 5.70. The molecule has 1 aliphatic rings. The highest BCUT2D eigenvalue weighted by Gasteiger charge is 2.34. The SMILES string of the molecule is CCc1ccc(C(C)CC(=O)N2CCC(CC)(CO)CC2)cc1. The Bertz CT molecular complexity index is 495. The van der Waals surface area contributed by atoms with Crippen molar-refractivity contribution in [1.29, 1.82) is 0 Å². The van der Waals surface area contributed by atoms with E-state index < -0.39 is 0 Å². The van der Waals surface area contributed by atoms with E-state index in [9.17, 15) is 9.90 Å². The topological polar surface area (TPSA) is 40.5 Å². The molecule has 0 radical (unpaired) electrons. The second kappa shape index (κ2) is 7.96. The Balaban J connectivity index is 1.89. The number of piperidine rings is 1. The van der Waals surface area contributed by atoms with Crippen molar-refractivity contribution >= 4 is 5.91 Å². The molecule has 1 N–H and O–H groups in total. The highest BCUT2D eigenvalue weighted by atomic mass is 16.3. The summed E-state index contributed by atoms with van der Waals surface area (Å²) in [6, 6.07) is 8.63. The van der Waals surface area contributed by atoms with E-state index >= 15 is 0 Å². The minimum absolute atomic E-state index is 0.0401. The fourth-order valence-electron chi connectivity index (χ4n) is 3.44. The number of hydrogen-bond acceptors (Lipinski definition) is 2. The molecule has 23 heavy (non-hydrogen) atoms. The largest absolute Gasteiger partial charge is 0.396 e. The van der Waals surface area contributed by atoms with Crippen LogP contribution in [0.5, 0.6) is 0 Å². The number of aryl methyl sites for hydroxylation is 1. The number of aliphatic hydroxyl groups is 1. The summed E-state index contributed by atoms with van der Waals surface area (Å²) in [5.74, 6) is 0.504. The molecule has 0 bridgehead atoms. The highest BCUT2D eigenvalue weighted by Crippen LogP contribution is 2.34. The molecule has 0 saturated carbocycles. The van der Waals surface area contributed by atoms with Gasteiger partial charge < -0.3 is 10.0 Å². The van der Waals surface area contributed by atoms with E-state index in [0.717, 1.165) is 38.8 Å². The zero-order valence-electron chi connectivity index (χ0n) is 14.8.